The summed E-state index contributed by atoms with van der Waals surface area (Å²) in [6.07, 6.45) is 3.00. The minimum atomic E-state index is 0.378. The Hall–Kier alpha value is -1.19. The molecule has 0 saturated heterocycles. The van der Waals surface area contributed by atoms with Crippen LogP contribution in [0.2, 0.25) is 0 Å². The maximum absolute atomic E-state index is 4.18. The molecule has 1 aromatic heterocycles. The summed E-state index contributed by atoms with van der Waals surface area (Å²) in [7, 11) is 0. The Balaban J connectivity index is 2.18. The lowest BCUT2D eigenvalue weighted by Crippen LogP contribution is -2.22. The van der Waals surface area contributed by atoms with Gasteiger partial charge in [0.2, 0.25) is 0 Å². The Bertz CT molecular complexity index is 471. The van der Waals surface area contributed by atoms with Gasteiger partial charge >= 0.3 is 0 Å². The Morgan fingerprint density at radius 3 is 2.50 bits per heavy atom. The molecule has 0 saturated carbocycles. The van der Waals surface area contributed by atoms with Gasteiger partial charge in [0.05, 0.1) is 5.51 Å². The quantitative estimate of drug-likeness (QED) is 0.887. The molecule has 2 nitrogen and oxygen atoms in total. The summed E-state index contributed by atoms with van der Waals surface area (Å²) >= 11 is 1.73. The summed E-state index contributed by atoms with van der Waals surface area (Å²) in [4.78, 5) is 5.50. The van der Waals surface area contributed by atoms with Crippen molar-refractivity contribution in [2.75, 3.05) is 6.54 Å². The second-order valence-corrected chi connectivity index (χ2v) is 5.63. The minimum Gasteiger partial charge on any atom is -0.309 e. The molecule has 2 rings (SSSR count). The molecular weight excluding hydrogens is 240 g/mol. The molecule has 1 unspecified atom stereocenters. The molecular formula is C15H20N2S. The molecule has 0 radical (unpaired) electrons. The van der Waals surface area contributed by atoms with Crippen molar-refractivity contribution in [1.82, 2.24) is 10.3 Å². The van der Waals surface area contributed by atoms with E-state index in [1.807, 2.05) is 11.7 Å². The summed E-state index contributed by atoms with van der Waals surface area (Å²) < 4.78 is 0. The molecule has 1 N–H and O–H groups in total. The zero-order valence-electron chi connectivity index (χ0n) is 11.2. The van der Waals surface area contributed by atoms with Crippen molar-refractivity contribution in [2.45, 2.75) is 33.2 Å². The van der Waals surface area contributed by atoms with Crippen molar-refractivity contribution in [3.63, 3.8) is 0 Å². The van der Waals surface area contributed by atoms with Gasteiger partial charge in [-0.15, -0.1) is 11.3 Å². The normalized spacial score (nSPS) is 12.6. The van der Waals surface area contributed by atoms with Crippen molar-refractivity contribution in [3.05, 3.63) is 51.5 Å². The zero-order valence-corrected chi connectivity index (χ0v) is 12.1. The van der Waals surface area contributed by atoms with E-state index in [1.54, 1.807) is 11.3 Å². The molecule has 0 bridgehead atoms. The third-order valence-electron chi connectivity index (χ3n) is 2.97. The molecule has 1 atom stereocenters. The van der Waals surface area contributed by atoms with E-state index in [2.05, 4.69) is 49.3 Å². The van der Waals surface area contributed by atoms with Gasteiger partial charge in [-0.2, -0.15) is 0 Å². The Morgan fingerprint density at radius 2 is 1.94 bits per heavy atom. The molecule has 0 aliphatic rings. The number of rotatable bonds is 5. The van der Waals surface area contributed by atoms with Crippen LogP contribution in [0.1, 0.15) is 34.5 Å². The van der Waals surface area contributed by atoms with E-state index in [0.29, 0.717) is 6.04 Å². The fourth-order valence-corrected chi connectivity index (χ4v) is 3.04. The minimum absolute atomic E-state index is 0.378. The smallest absolute Gasteiger partial charge is 0.0794 e. The van der Waals surface area contributed by atoms with Crippen LogP contribution in [-0.4, -0.2) is 11.5 Å². The molecule has 96 valence electrons. The fraction of sp³-hybridized carbons (Fsp3) is 0.400. The van der Waals surface area contributed by atoms with Gasteiger partial charge in [0.25, 0.3) is 0 Å². The number of hydrogen-bond acceptors (Lipinski definition) is 3. The lowest BCUT2D eigenvalue weighted by molar-refractivity contribution is 0.557. The SMILES string of the molecule is CCNC(Cc1cc(C)cc(C)c1)c1cncs1. The lowest BCUT2D eigenvalue weighted by Gasteiger charge is -2.16. The Labute approximate surface area is 113 Å². The molecule has 0 amide bonds. The molecule has 0 fully saturated rings. The first kappa shape index (κ1) is 13.2. The first-order chi connectivity index (χ1) is 8.69. The Kier molecular flexibility index (Phi) is 4.50. The van der Waals surface area contributed by atoms with Crippen LogP contribution in [0.3, 0.4) is 0 Å². The summed E-state index contributed by atoms with van der Waals surface area (Å²) in [5, 5.41) is 3.54. The molecule has 1 aromatic carbocycles. The largest absolute Gasteiger partial charge is 0.309 e. The highest BCUT2D eigenvalue weighted by molar-refractivity contribution is 7.09. The highest BCUT2D eigenvalue weighted by Gasteiger charge is 2.13. The number of nitrogens with zero attached hydrogens (tertiary/aromatic N) is 1. The zero-order chi connectivity index (χ0) is 13.0. The number of thiazole rings is 1. The van der Waals surface area contributed by atoms with Gasteiger partial charge < -0.3 is 5.32 Å². The van der Waals surface area contributed by atoms with Crippen LogP contribution in [0.5, 0.6) is 0 Å². The average Bonchev–Trinajstić information content (AvgIpc) is 2.80. The Morgan fingerprint density at radius 1 is 1.22 bits per heavy atom. The second-order valence-electron chi connectivity index (χ2n) is 4.71. The standard InChI is InChI=1S/C15H20N2S/c1-4-17-14(15-9-16-10-18-15)8-13-6-11(2)5-12(3)7-13/h5-7,9-10,14,17H,4,8H2,1-3H3. The number of hydrogen-bond donors (Lipinski definition) is 1. The van der Waals surface area contributed by atoms with Gasteiger partial charge in [0.1, 0.15) is 0 Å². The maximum atomic E-state index is 4.18. The van der Waals surface area contributed by atoms with E-state index >= 15 is 0 Å². The summed E-state index contributed by atoms with van der Waals surface area (Å²) in [5.41, 5.74) is 5.97. The molecule has 0 aliphatic carbocycles. The highest BCUT2D eigenvalue weighted by Crippen LogP contribution is 2.22. The van der Waals surface area contributed by atoms with E-state index in [-0.39, 0.29) is 0 Å². The van der Waals surface area contributed by atoms with Gasteiger partial charge in [-0.25, -0.2) is 0 Å². The first-order valence-electron chi connectivity index (χ1n) is 6.38. The number of nitrogens with one attached hydrogen (secondary N) is 1. The van der Waals surface area contributed by atoms with E-state index in [9.17, 15) is 0 Å². The van der Waals surface area contributed by atoms with Crippen LogP contribution < -0.4 is 5.32 Å². The third kappa shape index (κ3) is 3.40. The molecule has 1 heterocycles. The van der Waals surface area contributed by atoms with Gasteiger partial charge in [0.15, 0.2) is 0 Å². The molecule has 0 aliphatic heterocycles. The van der Waals surface area contributed by atoms with E-state index in [1.165, 1.54) is 21.6 Å². The number of benzene rings is 1. The van der Waals surface area contributed by atoms with E-state index in [4.69, 9.17) is 0 Å². The van der Waals surface area contributed by atoms with Gasteiger partial charge in [-0.05, 0) is 32.4 Å². The van der Waals surface area contributed by atoms with Crippen LogP contribution in [0.15, 0.2) is 29.9 Å². The van der Waals surface area contributed by atoms with Gasteiger partial charge in [0, 0.05) is 17.1 Å². The van der Waals surface area contributed by atoms with Crippen LogP contribution in [0, 0.1) is 13.8 Å². The van der Waals surface area contributed by atoms with Crippen molar-refractivity contribution in [3.8, 4) is 0 Å². The molecule has 18 heavy (non-hydrogen) atoms. The average molecular weight is 260 g/mol. The summed E-state index contributed by atoms with van der Waals surface area (Å²) in [5.74, 6) is 0. The van der Waals surface area contributed by atoms with Crippen LogP contribution >= 0.6 is 11.3 Å². The van der Waals surface area contributed by atoms with E-state index < -0.39 is 0 Å². The number of likely N-dealkylation sites (N-methyl/N-ethyl adjacent to an activating group) is 1. The molecule has 2 aromatic rings. The van der Waals surface area contributed by atoms with Gasteiger partial charge in [-0.1, -0.05) is 36.2 Å². The van der Waals surface area contributed by atoms with Crippen molar-refractivity contribution < 1.29 is 0 Å². The van der Waals surface area contributed by atoms with Crippen LogP contribution in [0.4, 0.5) is 0 Å². The highest BCUT2D eigenvalue weighted by atomic mass is 32.1. The summed E-state index contributed by atoms with van der Waals surface area (Å²) in [6.45, 7) is 7.44. The van der Waals surface area contributed by atoms with Crippen molar-refractivity contribution >= 4 is 11.3 Å². The topological polar surface area (TPSA) is 24.9 Å². The maximum Gasteiger partial charge on any atom is 0.0794 e. The second kappa shape index (κ2) is 6.12. The van der Waals surface area contributed by atoms with Crippen molar-refractivity contribution in [1.29, 1.82) is 0 Å². The lowest BCUT2D eigenvalue weighted by atomic mass is 10.0. The monoisotopic (exact) mass is 260 g/mol. The first-order valence-corrected chi connectivity index (χ1v) is 7.26. The summed E-state index contributed by atoms with van der Waals surface area (Å²) in [6, 6.07) is 7.15. The number of aromatic nitrogens is 1. The number of aryl methyl sites for hydroxylation is 2. The molecule has 3 heteroatoms. The van der Waals surface area contributed by atoms with Crippen LogP contribution in [0.25, 0.3) is 0 Å². The third-order valence-corrected chi connectivity index (χ3v) is 3.86. The van der Waals surface area contributed by atoms with Gasteiger partial charge in [-0.3, -0.25) is 4.98 Å². The predicted octanol–water partition coefficient (Wildman–Crippen LogP) is 3.65. The van der Waals surface area contributed by atoms with Crippen LogP contribution in [-0.2, 0) is 6.42 Å². The fourth-order valence-electron chi connectivity index (χ4n) is 2.34. The molecule has 0 spiro atoms. The predicted molar refractivity (Wildman–Crippen MR) is 78.2 cm³/mol. The van der Waals surface area contributed by atoms with E-state index in [0.717, 1.165) is 13.0 Å². The van der Waals surface area contributed by atoms with Crippen molar-refractivity contribution in [2.24, 2.45) is 0 Å².